The molecule has 0 aliphatic carbocycles. The summed E-state index contributed by atoms with van der Waals surface area (Å²) in [6, 6.07) is 10.9. The molecule has 4 N–H and O–H groups in total. The number of nitrogens with two attached hydrogens (primary N) is 2. The monoisotopic (exact) mass is 233 g/mol. The Bertz CT molecular complexity index is 395. The Hall–Kier alpha value is -1.55. The molecule has 1 aliphatic heterocycles. The Kier molecular flexibility index (Phi) is 3.64. The molecule has 17 heavy (non-hydrogen) atoms. The summed E-state index contributed by atoms with van der Waals surface area (Å²) < 4.78 is 2.07. The first-order valence-corrected chi connectivity index (χ1v) is 6.07. The molecule has 2 rings (SSSR count). The van der Waals surface area contributed by atoms with Crippen LogP contribution in [0, 0.1) is 0 Å². The van der Waals surface area contributed by atoms with Crippen LogP contribution >= 0.6 is 0 Å². The van der Waals surface area contributed by atoms with Crippen LogP contribution in [0.4, 0.5) is 0 Å². The first-order valence-electron chi connectivity index (χ1n) is 6.07. The highest BCUT2D eigenvalue weighted by molar-refractivity contribution is 5.70. The van der Waals surface area contributed by atoms with Crippen molar-refractivity contribution in [3.8, 4) is 0 Å². The summed E-state index contributed by atoms with van der Waals surface area (Å²) in [7, 11) is 0. The van der Waals surface area contributed by atoms with Gasteiger partial charge >= 0.3 is 5.96 Å². The summed E-state index contributed by atoms with van der Waals surface area (Å²) in [5.74, 6) is 0.442. The highest BCUT2D eigenvalue weighted by Gasteiger charge is 2.23. The number of hydrogen-bond donors (Lipinski definition) is 2. The molecule has 0 unspecified atom stereocenters. The van der Waals surface area contributed by atoms with Crippen molar-refractivity contribution >= 4 is 5.96 Å². The molecule has 0 amide bonds. The largest absolute Gasteiger partial charge is 0.341 e. The lowest BCUT2D eigenvalue weighted by atomic mass is 10.1. The average Bonchev–Trinajstić information content (AvgIpc) is 2.30. The Morgan fingerprint density at radius 2 is 2.06 bits per heavy atom. The zero-order valence-corrected chi connectivity index (χ0v) is 10.3. The Morgan fingerprint density at radius 3 is 2.65 bits per heavy atom. The van der Waals surface area contributed by atoms with E-state index in [1.165, 1.54) is 5.56 Å². The summed E-state index contributed by atoms with van der Waals surface area (Å²) in [5.41, 5.74) is 12.7. The van der Waals surface area contributed by atoms with Gasteiger partial charge in [0.2, 0.25) is 0 Å². The molecule has 0 saturated carbocycles. The number of hydrogen-bond acceptors (Lipinski definition) is 1. The molecule has 0 bridgehead atoms. The van der Waals surface area contributed by atoms with Gasteiger partial charge in [-0.25, -0.2) is 0 Å². The SMILES string of the molecule is C[C@@H]1CN(Cc2ccccc2)CC[N+]1=C(N)N. The van der Waals surface area contributed by atoms with Crippen molar-refractivity contribution in [2.24, 2.45) is 11.5 Å². The van der Waals surface area contributed by atoms with E-state index in [-0.39, 0.29) is 0 Å². The average molecular weight is 233 g/mol. The lowest BCUT2D eigenvalue weighted by molar-refractivity contribution is -0.576. The Balaban J connectivity index is 1.97. The number of nitrogens with zero attached hydrogens (tertiary/aromatic N) is 2. The van der Waals surface area contributed by atoms with Gasteiger partial charge in [0, 0.05) is 19.6 Å². The van der Waals surface area contributed by atoms with E-state index in [2.05, 4.69) is 40.7 Å². The lowest BCUT2D eigenvalue weighted by Crippen LogP contribution is -2.52. The molecule has 1 aromatic rings. The van der Waals surface area contributed by atoms with E-state index in [1.807, 2.05) is 6.07 Å². The maximum atomic E-state index is 5.66. The number of benzene rings is 1. The van der Waals surface area contributed by atoms with Crippen molar-refractivity contribution in [2.45, 2.75) is 19.5 Å². The van der Waals surface area contributed by atoms with E-state index in [1.54, 1.807) is 0 Å². The van der Waals surface area contributed by atoms with Crippen LogP contribution in [-0.4, -0.2) is 41.1 Å². The maximum Gasteiger partial charge on any atom is 0.341 e. The standard InChI is InChI=1S/C13H20N4/c1-11-9-16(7-8-17(11)13(14)15)10-12-5-3-2-4-6-12/h2-6,11H,7-10H2,1H3,(H3,14,15)/p+1/t11-/m1/s1. The van der Waals surface area contributed by atoms with Crippen LogP contribution in [0.15, 0.2) is 30.3 Å². The zero-order chi connectivity index (χ0) is 12.3. The van der Waals surface area contributed by atoms with E-state index in [9.17, 15) is 0 Å². The minimum absolute atomic E-state index is 0.387. The van der Waals surface area contributed by atoms with Crippen LogP contribution in [0.5, 0.6) is 0 Å². The minimum atomic E-state index is 0.387. The van der Waals surface area contributed by atoms with Crippen molar-refractivity contribution in [1.29, 1.82) is 0 Å². The molecule has 1 atom stereocenters. The fourth-order valence-electron chi connectivity index (χ4n) is 2.40. The van der Waals surface area contributed by atoms with Gasteiger partial charge in [0.05, 0.1) is 12.6 Å². The van der Waals surface area contributed by atoms with Gasteiger partial charge in [-0.2, -0.15) is 0 Å². The van der Waals surface area contributed by atoms with Crippen LogP contribution in [0.25, 0.3) is 0 Å². The third-order valence-corrected chi connectivity index (χ3v) is 3.29. The summed E-state index contributed by atoms with van der Waals surface area (Å²) >= 11 is 0. The highest BCUT2D eigenvalue weighted by Crippen LogP contribution is 2.09. The van der Waals surface area contributed by atoms with Gasteiger partial charge in [-0.1, -0.05) is 30.3 Å². The smallest absolute Gasteiger partial charge is 0.293 e. The second-order valence-corrected chi connectivity index (χ2v) is 4.69. The van der Waals surface area contributed by atoms with Crippen molar-refractivity contribution < 1.29 is 4.58 Å². The number of piperazine rings is 1. The van der Waals surface area contributed by atoms with Crippen LogP contribution in [0.2, 0.25) is 0 Å². The van der Waals surface area contributed by atoms with Crippen molar-refractivity contribution in [3.63, 3.8) is 0 Å². The summed E-state index contributed by atoms with van der Waals surface area (Å²) in [6.45, 7) is 6.10. The lowest BCUT2D eigenvalue weighted by Gasteiger charge is -2.32. The summed E-state index contributed by atoms with van der Waals surface area (Å²) in [4.78, 5) is 2.44. The maximum absolute atomic E-state index is 5.66. The molecule has 4 heteroatoms. The van der Waals surface area contributed by atoms with E-state index in [0.29, 0.717) is 12.0 Å². The second kappa shape index (κ2) is 5.19. The van der Waals surface area contributed by atoms with Crippen molar-refractivity contribution in [2.75, 3.05) is 19.6 Å². The number of rotatable bonds is 2. The molecule has 1 aliphatic rings. The molecule has 1 heterocycles. The minimum Gasteiger partial charge on any atom is -0.293 e. The first-order chi connectivity index (χ1) is 8.16. The Labute approximate surface area is 103 Å². The van der Waals surface area contributed by atoms with E-state index >= 15 is 0 Å². The van der Waals surface area contributed by atoms with Gasteiger partial charge in [0.25, 0.3) is 0 Å². The van der Waals surface area contributed by atoms with Gasteiger partial charge in [-0.15, -0.1) is 0 Å². The molecule has 4 nitrogen and oxygen atoms in total. The van der Waals surface area contributed by atoms with Gasteiger partial charge in [0.15, 0.2) is 0 Å². The zero-order valence-electron chi connectivity index (χ0n) is 10.3. The second-order valence-electron chi connectivity index (χ2n) is 4.69. The summed E-state index contributed by atoms with van der Waals surface area (Å²) in [6.07, 6.45) is 0. The molecule has 1 aromatic carbocycles. The highest BCUT2D eigenvalue weighted by atomic mass is 15.3. The van der Waals surface area contributed by atoms with Gasteiger partial charge in [0.1, 0.15) is 0 Å². The first kappa shape index (κ1) is 11.9. The summed E-state index contributed by atoms with van der Waals surface area (Å²) in [5, 5.41) is 0. The molecule has 0 spiro atoms. The van der Waals surface area contributed by atoms with E-state index < -0.39 is 0 Å². The molecule has 0 radical (unpaired) electrons. The molecule has 0 aromatic heterocycles. The topological polar surface area (TPSA) is 58.3 Å². The molecule has 1 saturated heterocycles. The normalized spacial score (nSPS) is 21.5. The predicted octanol–water partition coefficient (Wildman–Crippen LogP) is 0.177. The van der Waals surface area contributed by atoms with Crippen molar-refractivity contribution in [1.82, 2.24) is 4.90 Å². The fraction of sp³-hybridized carbons (Fsp3) is 0.462. The number of guanidine groups is 1. The fourth-order valence-corrected chi connectivity index (χ4v) is 2.40. The van der Waals surface area contributed by atoms with Crippen LogP contribution < -0.4 is 11.5 Å². The quantitative estimate of drug-likeness (QED) is 0.566. The third kappa shape index (κ3) is 2.97. The van der Waals surface area contributed by atoms with Crippen LogP contribution in [-0.2, 0) is 6.54 Å². The Morgan fingerprint density at radius 1 is 1.35 bits per heavy atom. The predicted molar refractivity (Wildman–Crippen MR) is 69.7 cm³/mol. The van der Waals surface area contributed by atoms with E-state index in [4.69, 9.17) is 11.5 Å². The molecule has 92 valence electrons. The van der Waals surface area contributed by atoms with Gasteiger partial charge in [-0.05, 0) is 12.5 Å². The van der Waals surface area contributed by atoms with E-state index in [0.717, 1.165) is 26.2 Å². The third-order valence-electron chi connectivity index (χ3n) is 3.29. The molecular formula is C13H21N4+. The van der Waals surface area contributed by atoms with Gasteiger partial charge in [-0.3, -0.25) is 20.9 Å². The van der Waals surface area contributed by atoms with Crippen LogP contribution in [0.1, 0.15) is 12.5 Å². The van der Waals surface area contributed by atoms with Crippen LogP contribution in [0.3, 0.4) is 0 Å². The van der Waals surface area contributed by atoms with Crippen molar-refractivity contribution in [3.05, 3.63) is 35.9 Å². The van der Waals surface area contributed by atoms with Gasteiger partial charge < -0.3 is 0 Å². The molecule has 1 fully saturated rings. The molecular weight excluding hydrogens is 212 g/mol.